The minimum absolute atomic E-state index is 0.00270. The van der Waals surface area contributed by atoms with Crippen LogP contribution >= 0.6 is 27.5 Å². The Morgan fingerprint density at radius 1 is 1.24 bits per heavy atom. The summed E-state index contributed by atoms with van der Waals surface area (Å²) in [6.45, 7) is 0. The van der Waals surface area contributed by atoms with Gasteiger partial charge in [-0.25, -0.2) is 0 Å². The van der Waals surface area contributed by atoms with E-state index in [1.54, 1.807) is 42.5 Å². The molecule has 0 atom stereocenters. The maximum absolute atomic E-state index is 12.2. The summed E-state index contributed by atoms with van der Waals surface area (Å²) in [6.07, 6.45) is 0. The summed E-state index contributed by atoms with van der Waals surface area (Å²) in [7, 11) is 0. The number of carbonyl (C=O) groups is 1. The summed E-state index contributed by atoms with van der Waals surface area (Å²) in [5.41, 5.74) is 6.96. The smallest absolute Gasteiger partial charge is 0.257 e. The number of anilines is 1. The highest BCUT2D eigenvalue weighted by Gasteiger charge is 2.12. The van der Waals surface area contributed by atoms with Crippen molar-refractivity contribution >= 4 is 45.0 Å². The number of nitrogens with two attached hydrogens (primary N) is 1. The first-order valence-electron chi connectivity index (χ1n) is 5.86. The van der Waals surface area contributed by atoms with Crippen LogP contribution in [0.1, 0.15) is 15.9 Å². The van der Waals surface area contributed by atoms with Gasteiger partial charge in [0.25, 0.3) is 5.91 Å². The molecule has 0 aliphatic heterocycles. The molecule has 0 aromatic heterocycles. The fourth-order valence-electron chi connectivity index (χ4n) is 1.66. The Balaban J connectivity index is 2.18. The quantitative estimate of drug-likeness (QED) is 0.335. The maximum Gasteiger partial charge on any atom is 0.257 e. The normalized spacial score (nSPS) is 11.2. The van der Waals surface area contributed by atoms with Crippen LogP contribution in [-0.4, -0.2) is 17.0 Å². The van der Waals surface area contributed by atoms with Gasteiger partial charge < -0.3 is 16.3 Å². The van der Waals surface area contributed by atoms with E-state index in [0.717, 1.165) is 0 Å². The second-order valence-electron chi connectivity index (χ2n) is 4.12. The van der Waals surface area contributed by atoms with Crippen LogP contribution in [0.5, 0.6) is 0 Å². The van der Waals surface area contributed by atoms with Crippen LogP contribution < -0.4 is 11.1 Å². The molecule has 0 spiro atoms. The molecule has 0 bridgehead atoms. The zero-order chi connectivity index (χ0) is 15.4. The van der Waals surface area contributed by atoms with Crippen molar-refractivity contribution in [2.45, 2.75) is 0 Å². The van der Waals surface area contributed by atoms with E-state index in [9.17, 15) is 4.79 Å². The first-order valence-corrected chi connectivity index (χ1v) is 7.03. The lowest BCUT2D eigenvalue weighted by Crippen LogP contribution is -2.14. The molecule has 108 valence electrons. The second kappa shape index (κ2) is 6.60. The number of amides is 1. The van der Waals surface area contributed by atoms with Gasteiger partial charge in [0.15, 0.2) is 5.84 Å². The van der Waals surface area contributed by atoms with Crippen molar-refractivity contribution in [1.29, 1.82) is 0 Å². The van der Waals surface area contributed by atoms with Crippen molar-refractivity contribution in [3.8, 4) is 0 Å². The van der Waals surface area contributed by atoms with Crippen LogP contribution in [0, 0.1) is 0 Å². The molecule has 0 saturated heterocycles. The van der Waals surface area contributed by atoms with Crippen molar-refractivity contribution in [3.05, 3.63) is 63.1 Å². The topological polar surface area (TPSA) is 87.7 Å². The summed E-state index contributed by atoms with van der Waals surface area (Å²) in [6, 6.07) is 11.7. The lowest BCUT2D eigenvalue weighted by molar-refractivity contribution is 0.102. The Morgan fingerprint density at radius 2 is 1.90 bits per heavy atom. The van der Waals surface area contributed by atoms with E-state index < -0.39 is 0 Å². The van der Waals surface area contributed by atoms with Gasteiger partial charge in [0.2, 0.25) is 0 Å². The number of oxime groups is 1. The minimum Gasteiger partial charge on any atom is -0.409 e. The highest BCUT2D eigenvalue weighted by atomic mass is 79.9. The average molecular weight is 369 g/mol. The van der Waals surface area contributed by atoms with Crippen molar-refractivity contribution in [3.63, 3.8) is 0 Å². The third-order valence-electron chi connectivity index (χ3n) is 2.74. The molecular formula is C14H11BrClN3O2. The van der Waals surface area contributed by atoms with Crippen LogP contribution in [0.3, 0.4) is 0 Å². The molecule has 0 aliphatic rings. The van der Waals surface area contributed by atoms with Gasteiger partial charge in [-0.15, -0.1) is 0 Å². The highest BCUT2D eigenvalue weighted by Crippen LogP contribution is 2.26. The van der Waals surface area contributed by atoms with Crippen molar-refractivity contribution in [2.75, 3.05) is 5.32 Å². The zero-order valence-electron chi connectivity index (χ0n) is 10.7. The van der Waals surface area contributed by atoms with E-state index >= 15 is 0 Å². The molecule has 0 heterocycles. The average Bonchev–Trinajstić information content (AvgIpc) is 2.50. The van der Waals surface area contributed by atoms with Crippen LogP contribution in [-0.2, 0) is 0 Å². The van der Waals surface area contributed by atoms with Crippen LogP contribution in [0.2, 0.25) is 5.02 Å². The van der Waals surface area contributed by atoms with Gasteiger partial charge in [-0.2, -0.15) is 0 Å². The first-order chi connectivity index (χ1) is 10.0. The summed E-state index contributed by atoms with van der Waals surface area (Å²) in [4.78, 5) is 12.2. The maximum atomic E-state index is 12.2. The fourth-order valence-corrected chi connectivity index (χ4v) is 2.24. The number of carbonyl (C=O) groups excluding carboxylic acids is 1. The monoisotopic (exact) mass is 367 g/mol. The van der Waals surface area contributed by atoms with Gasteiger partial charge in [0.1, 0.15) is 0 Å². The lowest BCUT2D eigenvalue weighted by Gasteiger charge is -2.08. The zero-order valence-corrected chi connectivity index (χ0v) is 13.0. The van der Waals surface area contributed by atoms with E-state index in [2.05, 4.69) is 26.4 Å². The number of nitrogens with zero attached hydrogens (tertiary/aromatic N) is 1. The van der Waals surface area contributed by atoms with Crippen molar-refractivity contribution in [1.82, 2.24) is 0 Å². The van der Waals surface area contributed by atoms with Crippen LogP contribution in [0.25, 0.3) is 0 Å². The molecule has 2 aromatic rings. The number of hydrogen-bond acceptors (Lipinski definition) is 3. The van der Waals surface area contributed by atoms with Gasteiger partial charge in [-0.3, -0.25) is 4.79 Å². The standard InChI is InChI=1S/C14H11BrClN3O2/c15-11-3-1-2-10(12(11)16)14(20)18-9-6-4-8(5-7-9)13(17)19-21/h1-7,21H,(H2,17,19)(H,18,20). The third kappa shape index (κ3) is 3.53. The Labute approximate surface area is 134 Å². The second-order valence-corrected chi connectivity index (χ2v) is 5.35. The summed E-state index contributed by atoms with van der Waals surface area (Å²) < 4.78 is 0.652. The molecule has 7 heteroatoms. The number of rotatable bonds is 3. The van der Waals surface area contributed by atoms with Gasteiger partial charge in [-0.05, 0) is 52.3 Å². The minimum atomic E-state index is -0.321. The number of nitrogens with one attached hydrogen (secondary N) is 1. The molecule has 0 fully saturated rings. The number of benzene rings is 2. The van der Waals surface area contributed by atoms with E-state index in [1.165, 1.54) is 0 Å². The van der Waals surface area contributed by atoms with Gasteiger partial charge in [-0.1, -0.05) is 22.8 Å². The Hall–Kier alpha value is -2.05. The Bertz CT molecular complexity index is 702. The molecule has 5 nitrogen and oxygen atoms in total. The van der Waals surface area contributed by atoms with Crippen molar-refractivity contribution in [2.24, 2.45) is 10.9 Å². The molecule has 1 amide bonds. The van der Waals surface area contributed by atoms with Gasteiger partial charge in [0, 0.05) is 15.7 Å². The molecule has 0 aliphatic carbocycles. The molecule has 0 saturated carbocycles. The third-order valence-corrected chi connectivity index (χ3v) is 4.04. The van der Waals surface area contributed by atoms with Gasteiger partial charge >= 0.3 is 0 Å². The Morgan fingerprint density at radius 3 is 2.52 bits per heavy atom. The molecule has 2 aromatic carbocycles. The molecule has 21 heavy (non-hydrogen) atoms. The van der Waals surface area contributed by atoms with E-state index in [4.69, 9.17) is 22.5 Å². The summed E-state index contributed by atoms with van der Waals surface area (Å²) in [5.74, 6) is -0.319. The van der Waals surface area contributed by atoms with Crippen LogP contribution in [0.4, 0.5) is 5.69 Å². The van der Waals surface area contributed by atoms with E-state index in [1.807, 2.05) is 0 Å². The van der Waals surface area contributed by atoms with E-state index in [-0.39, 0.29) is 11.7 Å². The number of hydrogen-bond donors (Lipinski definition) is 3. The Kier molecular flexibility index (Phi) is 4.82. The lowest BCUT2D eigenvalue weighted by atomic mass is 10.1. The summed E-state index contributed by atoms with van der Waals surface area (Å²) >= 11 is 9.34. The van der Waals surface area contributed by atoms with Crippen LogP contribution in [0.15, 0.2) is 52.1 Å². The predicted octanol–water partition coefficient (Wildman–Crippen LogP) is 3.45. The first kappa shape index (κ1) is 15.3. The fraction of sp³-hybridized carbons (Fsp3) is 0. The highest BCUT2D eigenvalue weighted by molar-refractivity contribution is 9.10. The summed E-state index contributed by atoms with van der Waals surface area (Å²) in [5, 5.41) is 14.6. The molecule has 4 N–H and O–H groups in total. The molecule has 0 radical (unpaired) electrons. The van der Waals surface area contributed by atoms with Crippen molar-refractivity contribution < 1.29 is 10.0 Å². The predicted molar refractivity (Wildman–Crippen MR) is 86.1 cm³/mol. The molecule has 2 rings (SSSR count). The number of halogens is 2. The molecular weight excluding hydrogens is 358 g/mol. The number of amidine groups is 1. The largest absolute Gasteiger partial charge is 0.409 e. The molecule has 0 unspecified atom stereocenters. The van der Waals surface area contributed by atoms with E-state index in [0.29, 0.717) is 26.3 Å². The SMILES string of the molecule is N/C(=N/O)c1ccc(NC(=O)c2cccc(Br)c2Cl)cc1. The van der Waals surface area contributed by atoms with Gasteiger partial charge in [0.05, 0.1) is 10.6 Å².